The SMILES string of the molecule is COC(=O)c1ccc(COC(=O)N2C=CC[C@@H]2C(=O)O)cc1. The van der Waals surface area contributed by atoms with Crippen LogP contribution in [0, 0.1) is 0 Å². The van der Waals surface area contributed by atoms with E-state index < -0.39 is 24.1 Å². The number of nitrogens with zero attached hydrogens (tertiary/aromatic N) is 1. The number of amides is 1. The van der Waals surface area contributed by atoms with Crippen molar-refractivity contribution in [3.63, 3.8) is 0 Å². The zero-order chi connectivity index (χ0) is 16.1. The van der Waals surface area contributed by atoms with Gasteiger partial charge in [0.15, 0.2) is 0 Å². The second-order valence-corrected chi connectivity index (χ2v) is 4.62. The molecule has 0 radical (unpaired) electrons. The predicted octanol–water partition coefficient (Wildman–Crippen LogP) is 1.78. The van der Waals surface area contributed by atoms with Crippen molar-refractivity contribution in [2.75, 3.05) is 7.11 Å². The van der Waals surface area contributed by atoms with Crippen molar-refractivity contribution < 1.29 is 29.0 Å². The highest BCUT2D eigenvalue weighted by atomic mass is 16.6. The lowest BCUT2D eigenvalue weighted by molar-refractivity contribution is -0.141. The van der Waals surface area contributed by atoms with Crippen LogP contribution in [0.2, 0.25) is 0 Å². The molecule has 22 heavy (non-hydrogen) atoms. The summed E-state index contributed by atoms with van der Waals surface area (Å²) in [6.45, 7) is -0.0169. The molecule has 0 saturated carbocycles. The number of methoxy groups -OCH3 is 1. The van der Waals surface area contributed by atoms with Gasteiger partial charge >= 0.3 is 18.0 Å². The maximum atomic E-state index is 11.9. The summed E-state index contributed by atoms with van der Waals surface area (Å²) in [6.07, 6.45) is 2.54. The number of carboxylic acid groups (broad SMARTS) is 1. The van der Waals surface area contributed by atoms with E-state index in [1.54, 1.807) is 30.3 Å². The van der Waals surface area contributed by atoms with E-state index in [-0.39, 0.29) is 13.0 Å². The molecule has 1 aromatic rings. The van der Waals surface area contributed by atoms with Crippen molar-refractivity contribution in [2.45, 2.75) is 19.1 Å². The van der Waals surface area contributed by atoms with Crippen LogP contribution in [-0.2, 0) is 20.9 Å². The van der Waals surface area contributed by atoms with E-state index >= 15 is 0 Å². The van der Waals surface area contributed by atoms with E-state index in [1.807, 2.05) is 0 Å². The Kier molecular flexibility index (Phi) is 4.77. The quantitative estimate of drug-likeness (QED) is 0.852. The van der Waals surface area contributed by atoms with Gasteiger partial charge in [0, 0.05) is 6.20 Å². The number of benzene rings is 1. The molecule has 1 aromatic carbocycles. The zero-order valence-corrected chi connectivity index (χ0v) is 11.9. The molecule has 1 atom stereocenters. The minimum absolute atomic E-state index is 0.0169. The highest BCUT2D eigenvalue weighted by molar-refractivity contribution is 5.89. The highest BCUT2D eigenvalue weighted by Crippen LogP contribution is 2.17. The molecule has 0 unspecified atom stereocenters. The van der Waals surface area contributed by atoms with Crippen molar-refractivity contribution >= 4 is 18.0 Å². The molecule has 1 heterocycles. The fourth-order valence-corrected chi connectivity index (χ4v) is 2.00. The lowest BCUT2D eigenvalue weighted by Crippen LogP contribution is -2.38. The minimum atomic E-state index is -1.08. The summed E-state index contributed by atoms with van der Waals surface area (Å²) in [5, 5.41) is 8.99. The molecule has 7 heteroatoms. The number of esters is 1. The standard InChI is InChI=1S/C15H15NO6/c1-21-14(19)11-6-4-10(5-7-11)9-22-15(20)16-8-2-3-12(16)13(17)18/h2,4-8,12H,3,9H2,1H3,(H,17,18)/t12-/m1/s1. The Balaban J connectivity index is 1.92. The first-order valence-electron chi connectivity index (χ1n) is 6.54. The number of carbonyl (C=O) groups excluding carboxylic acids is 2. The van der Waals surface area contributed by atoms with E-state index in [4.69, 9.17) is 9.84 Å². The summed E-state index contributed by atoms with van der Waals surface area (Å²) in [7, 11) is 1.29. The van der Waals surface area contributed by atoms with Crippen LogP contribution in [0.4, 0.5) is 4.79 Å². The lowest BCUT2D eigenvalue weighted by atomic mass is 10.1. The molecule has 2 rings (SSSR count). The number of hydrogen-bond acceptors (Lipinski definition) is 5. The molecule has 116 valence electrons. The summed E-state index contributed by atoms with van der Waals surface area (Å²) < 4.78 is 9.66. The molecule has 0 fully saturated rings. The Morgan fingerprint density at radius 1 is 1.27 bits per heavy atom. The van der Waals surface area contributed by atoms with Gasteiger partial charge in [-0.25, -0.2) is 14.4 Å². The third-order valence-corrected chi connectivity index (χ3v) is 3.19. The maximum Gasteiger partial charge on any atom is 0.414 e. The van der Waals surface area contributed by atoms with Crippen molar-refractivity contribution in [1.29, 1.82) is 0 Å². The van der Waals surface area contributed by atoms with E-state index in [0.717, 1.165) is 4.90 Å². The summed E-state index contributed by atoms with van der Waals surface area (Å²) >= 11 is 0. The minimum Gasteiger partial charge on any atom is -0.480 e. The van der Waals surface area contributed by atoms with Crippen LogP contribution in [0.5, 0.6) is 0 Å². The normalized spacial score (nSPS) is 16.4. The van der Waals surface area contributed by atoms with Crippen molar-refractivity contribution in [2.24, 2.45) is 0 Å². The largest absolute Gasteiger partial charge is 0.480 e. The molecule has 0 aliphatic carbocycles. The predicted molar refractivity (Wildman–Crippen MR) is 75.0 cm³/mol. The first kappa shape index (κ1) is 15.6. The molecule has 7 nitrogen and oxygen atoms in total. The number of ether oxygens (including phenoxy) is 2. The van der Waals surface area contributed by atoms with E-state index in [1.165, 1.54) is 13.3 Å². The number of carboxylic acids is 1. The summed E-state index contributed by atoms with van der Waals surface area (Å²) in [5.41, 5.74) is 1.07. The van der Waals surface area contributed by atoms with Gasteiger partial charge in [0.2, 0.25) is 0 Å². The van der Waals surface area contributed by atoms with E-state index in [2.05, 4.69) is 4.74 Å². The van der Waals surface area contributed by atoms with Crippen LogP contribution < -0.4 is 0 Å². The molecule has 0 aromatic heterocycles. The number of rotatable bonds is 4. The van der Waals surface area contributed by atoms with Gasteiger partial charge in [-0.15, -0.1) is 0 Å². The van der Waals surface area contributed by atoms with E-state index in [9.17, 15) is 14.4 Å². The molecule has 1 aliphatic heterocycles. The molecular weight excluding hydrogens is 290 g/mol. The van der Waals surface area contributed by atoms with Gasteiger partial charge < -0.3 is 14.6 Å². The van der Waals surface area contributed by atoms with Crippen LogP contribution in [-0.4, -0.2) is 41.2 Å². The fourth-order valence-electron chi connectivity index (χ4n) is 2.00. The molecule has 1 N–H and O–H groups in total. The Bertz CT molecular complexity index is 607. The van der Waals surface area contributed by atoms with Crippen molar-refractivity contribution in [1.82, 2.24) is 4.90 Å². The van der Waals surface area contributed by atoms with Crippen LogP contribution in [0.3, 0.4) is 0 Å². The van der Waals surface area contributed by atoms with Gasteiger partial charge in [-0.1, -0.05) is 18.2 Å². The highest BCUT2D eigenvalue weighted by Gasteiger charge is 2.31. The number of aliphatic carboxylic acids is 1. The van der Waals surface area contributed by atoms with Gasteiger partial charge in [0.05, 0.1) is 12.7 Å². The second-order valence-electron chi connectivity index (χ2n) is 4.62. The fraction of sp³-hybridized carbons (Fsp3) is 0.267. The Morgan fingerprint density at radius 2 is 1.95 bits per heavy atom. The maximum absolute atomic E-state index is 11.9. The van der Waals surface area contributed by atoms with Crippen LogP contribution >= 0.6 is 0 Å². The Hall–Kier alpha value is -2.83. The third-order valence-electron chi connectivity index (χ3n) is 3.19. The van der Waals surface area contributed by atoms with E-state index in [0.29, 0.717) is 11.1 Å². The van der Waals surface area contributed by atoms with Crippen molar-refractivity contribution in [3.05, 3.63) is 47.7 Å². The number of hydrogen-bond donors (Lipinski definition) is 1. The molecule has 1 aliphatic rings. The van der Waals surface area contributed by atoms with Gasteiger partial charge in [-0.2, -0.15) is 0 Å². The molecule has 0 saturated heterocycles. The van der Waals surface area contributed by atoms with Crippen LogP contribution in [0.1, 0.15) is 22.3 Å². The van der Waals surface area contributed by atoms with Gasteiger partial charge in [-0.05, 0) is 24.1 Å². The van der Waals surface area contributed by atoms with Gasteiger partial charge in [0.25, 0.3) is 0 Å². The molecule has 1 amide bonds. The average molecular weight is 305 g/mol. The molecular formula is C15H15NO6. The Labute approximate surface area is 126 Å². The summed E-state index contributed by atoms with van der Waals surface area (Å²) in [6, 6.07) is 5.46. The van der Waals surface area contributed by atoms with Gasteiger partial charge in [0.1, 0.15) is 12.6 Å². The average Bonchev–Trinajstić information content (AvgIpc) is 3.02. The van der Waals surface area contributed by atoms with Crippen molar-refractivity contribution in [3.8, 4) is 0 Å². The van der Waals surface area contributed by atoms with Gasteiger partial charge in [-0.3, -0.25) is 4.90 Å². The zero-order valence-electron chi connectivity index (χ0n) is 11.9. The lowest BCUT2D eigenvalue weighted by Gasteiger charge is -2.19. The summed E-state index contributed by atoms with van der Waals surface area (Å²) in [5.74, 6) is -1.53. The first-order chi connectivity index (χ1) is 10.5. The Morgan fingerprint density at radius 3 is 2.55 bits per heavy atom. The second kappa shape index (κ2) is 6.75. The van der Waals surface area contributed by atoms with Crippen LogP contribution in [0.25, 0.3) is 0 Å². The van der Waals surface area contributed by atoms with Crippen LogP contribution in [0.15, 0.2) is 36.5 Å². The third kappa shape index (κ3) is 3.43. The molecule has 0 bridgehead atoms. The first-order valence-corrected chi connectivity index (χ1v) is 6.54. The summed E-state index contributed by atoms with van der Waals surface area (Å²) in [4.78, 5) is 35.2. The smallest absolute Gasteiger partial charge is 0.414 e. The number of carbonyl (C=O) groups is 3. The topological polar surface area (TPSA) is 93.1 Å². The monoisotopic (exact) mass is 305 g/mol. The molecule has 0 spiro atoms.